The number of carbonyl (C=O) groups excluding carboxylic acids is 1. The van der Waals surface area contributed by atoms with Gasteiger partial charge in [0.15, 0.2) is 0 Å². The van der Waals surface area contributed by atoms with Gasteiger partial charge in [0.2, 0.25) is 0 Å². The maximum atomic E-state index is 11.0. The lowest BCUT2D eigenvalue weighted by atomic mass is 10.3. The van der Waals surface area contributed by atoms with Crippen LogP contribution in [0.15, 0.2) is 35.4 Å². The van der Waals surface area contributed by atoms with Gasteiger partial charge in [-0.05, 0) is 12.1 Å². The number of carbonyl (C=O) groups is 1. The Balaban J connectivity index is 1.66. The standard InChI is InChI=1S/C12H14N2O3/c15-12-14(8-10-17-12)13-7-4-9-16-11-5-2-1-3-6-11/h1-3,5-7H,4,8-10H2/b13-7+. The molecule has 0 bridgehead atoms. The summed E-state index contributed by atoms with van der Waals surface area (Å²) in [5, 5.41) is 5.30. The van der Waals surface area contributed by atoms with E-state index in [1.54, 1.807) is 6.21 Å². The maximum absolute atomic E-state index is 11.0. The van der Waals surface area contributed by atoms with E-state index in [-0.39, 0.29) is 6.09 Å². The molecule has 2 rings (SSSR count). The Bertz CT molecular complexity index is 392. The van der Waals surface area contributed by atoms with E-state index < -0.39 is 0 Å². The van der Waals surface area contributed by atoms with E-state index in [1.807, 2.05) is 30.3 Å². The molecule has 1 aromatic rings. The van der Waals surface area contributed by atoms with Crippen molar-refractivity contribution in [2.45, 2.75) is 6.42 Å². The minimum Gasteiger partial charge on any atom is -0.493 e. The molecule has 17 heavy (non-hydrogen) atoms. The van der Waals surface area contributed by atoms with Crippen LogP contribution in [0, 0.1) is 0 Å². The molecule has 0 saturated carbocycles. The normalized spacial score (nSPS) is 15.3. The third-order valence-corrected chi connectivity index (χ3v) is 2.22. The first-order chi connectivity index (χ1) is 8.36. The average molecular weight is 234 g/mol. The van der Waals surface area contributed by atoms with Crippen molar-refractivity contribution in [2.75, 3.05) is 19.8 Å². The van der Waals surface area contributed by atoms with Gasteiger partial charge in [-0.3, -0.25) is 0 Å². The van der Waals surface area contributed by atoms with Crippen molar-refractivity contribution in [1.82, 2.24) is 5.01 Å². The second-order valence-corrected chi connectivity index (χ2v) is 3.49. The van der Waals surface area contributed by atoms with Crippen molar-refractivity contribution in [3.63, 3.8) is 0 Å². The molecule has 0 aliphatic carbocycles. The fourth-order valence-corrected chi connectivity index (χ4v) is 1.39. The molecule has 5 heteroatoms. The molecule has 0 unspecified atom stereocenters. The molecule has 1 aliphatic heterocycles. The second kappa shape index (κ2) is 5.89. The van der Waals surface area contributed by atoms with Crippen molar-refractivity contribution in [3.05, 3.63) is 30.3 Å². The van der Waals surface area contributed by atoms with Crippen LogP contribution >= 0.6 is 0 Å². The van der Waals surface area contributed by atoms with Gasteiger partial charge < -0.3 is 9.47 Å². The van der Waals surface area contributed by atoms with Crippen LogP contribution in [0.25, 0.3) is 0 Å². The summed E-state index contributed by atoms with van der Waals surface area (Å²) in [4.78, 5) is 11.0. The highest BCUT2D eigenvalue weighted by atomic mass is 16.6. The molecular formula is C12H14N2O3. The summed E-state index contributed by atoms with van der Waals surface area (Å²) in [7, 11) is 0. The Hall–Kier alpha value is -2.04. The predicted molar refractivity (Wildman–Crippen MR) is 63.1 cm³/mol. The predicted octanol–water partition coefficient (Wildman–Crippen LogP) is 1.89. The Kier molecular flexibility index (Phi) is 3.96. The first-order valence-corrected chi connectivity index (χ1v) is 5.51. The van der Waals surface area contributed by atoms with Crippen LogP contribution < -0.4 is 4.74 Å². The zero-order valence-corrected chi connectivity index (χ0v) is 9.41. The summed E-state index contributed by atoms with van der Waals surface area (Å²) in [6.45, 7) is 1.47. The quantitative estimate of drug-likeness (QED) is 0.577. The van der Waals surface area contributed by atoms with Crippen LogP contribution in [0.3, 0.4) is 0 Å². The van der Waals surface area contributed by atoms with Crippen LogP contribution in [0.5, 0.6) is 5.75 Å². The van der Waals surface area contributed by atoms with Gasteiger partial charge in [-0.2, -0.15) is 10.1 Å². The van der Waals surface area contributed by atoms with E-state index in [1.165, 1.54) is 5.01 Å². The number of ether oxygens (including phenoxy) is 2. The number of benzene rings is 1. The van der Waals surface area contributed by atoms with Gasteiger partial charge in [-0.25, -0.2) is 4.79 Å². The minimum absolute atomic E-state index is 0.384. The fraction of sp³-hybridized carbons (Fsp3) is 0.333. The fourth-order valence-electron chi connectivity index (χ4n) is 1.39. The molecule has 0 N–H and O–H groups in total. The number of nitrogens with zero attached hydrogens (tertiary/aromatic N) is 2. The first-order valence-electron chi connectivity index (χ1n) is 5.51. The number of hydrogen-bond donors (Lipinski definition) is 0. The van der Waals surface area contributed by atoms with Crippen LogP contribution in [0.1, 0.15) is 6.42 Å². The van der Waals surface area contributed by atoms with Crippen molar-refractivity contribution in [1.29, 1.82) is 0 Å². The molecule has 0 radical (unpaired) electrons. The Labute approximate surface area is 99.6 Å². The number of para-hydroxylation sites is 1. The largest absolute Gasteiger partial charge is 0.493 e. The number of cyclic esters (lactones) is 1. The van der Waals surface area contributed by atoms with Crippen LogP contribution in [-0.4, -0.2) is 37.1 Å². The van der Waals surface area contributed by atoms with Crippen LogP contribution in [0.2, 0.25) is 0 Å². The zero-order chi connectivity index (χ0) is 11.9. The summed E-state index contributed by atoms with van der Waals surface area (Å²) in [5.74, 6) is 0.835. The molecule has 1 heterocycles. The van der Waals surface area contributed by atoms with Gasteiger partial charge in [0.1, 0.15) is 12.4 Å². The van der Waals surface area contributed by atoms with E-state index in [2.05, 4.69) is 5.10 Å². The molecule has 1 aliphatic rings. The molecule has 1 aromatic carbocycles. The Morgan fingerprint density at radius 3 is 2.94 bits per heavy atom. The smallest absolute Gasteiger partial charge is 0.430 e. The van der Waals surface area contributed by atoms with Gasteiger partial charge in [-0.1, -0.05) is 18.2 Å². The topological polar surface area (TPSA) is 51.1 Å². The Morgan fingerprint density at radius 1 is 1.41 bits per heavy atom. The van der Waals surface area contributed by atoms with Gasteiger partial charge >= 0.3 is 6.09 Å². The molecule has 1 fully saturated rings. The third kappa shape index (κ3) is 3.48. The van der Waals surface area contributed by atoms with Crippen LogP contribution in [-0.2, 0) is 4.74 Å². The van der Waals surface area contributed by atoms with Crippen LogP contribution in [0.4, 0.5) is 4.79 Å². The van der Waals surface area contributed by atoms with Crippen molar-refractivity contribution in [2.24, 2.45) is 5.10 Å². The van der Waals surface area contributed by atoms with Crippen molar-refractivity contribution < 1.29 is 14.3 Å². The Morgan fingerprint density at radius 2 is 2.24 bits per heavy atom. The lowest BCUT2D eigenvalue weighted by molar-refractivity contribution is 0.159. The molecule has 1 saturated heterocycles. The second-order valence-electron chi connectivity index (χ2n) is 3.49. The van der Waals surface area contributed by atoms with E-state index in [9.17, 15) is 4.79 Å². The maximum Gasteiger partial charge on any atom is 0.430 e. The highest BCUT2D eigenvalue weighted by molar-refractivity contribution is 5.70. The van der Waals surface area contributed by atoms with Gasteiger partial charge in [-0.15, -0.1) is 0 Å². The molecule has 5 nitrogen and oxygen atoms in total. The van der Waals surface area contributed by atoms with Crippen molar-refractivity contribution in [3.8, 4) is 5.75 Å². The summed E-state index contributed by atoms with van der Waals surface area (Å²) in [6.07, 6.45) is 1.93. The number of rotatable bonds is 5. The zero-order valence-electron chi connectivity index (χ0n) is 9.41. The highest BCUT2D eigenvalue weighted by Crippen LogP contribution is 2.08. The lowest BCUT2D eigenvalue weighted by Crippen LogP contribution is -2.17. The number of amides is 1. The van der Waals surface area contributed by atoms with E-state index in [0.29, 0.717) is 26.2 Å². The first kappa shape index (κ1) is 11.4. The molecule has 0 spiro atoms. The number of hydrazone groups is 1. The number of hydrogen-bond acceptors (Lipinski definition) is 4. The minimum atomic E-state index is -0.384. The summed E-state index contributed by atoms with van der Waals surface area (Å²) in [6, 6.07) is 9.57. The van der Waals surface area contributed by atoms with Gasteiger partial charge in [0, 0.05) is 12.6 Å². The van der Waals surface area contributed by atoms with Gasteiger partial charge in [0.25, 0.3) is 0 Å². The molecular weight excluding hydrogens is 220 g/mol. The van der Waals surface area contributed by atoms with E-state index >= 15 is 0 Å². The SMILES string of the molecule is O=C1OCCN1/N=C/CCOc1ccccc1. The van der Waals surface area contributed by atoms with E-state index in [4.69, 9.17) is 9.47 Å². The van der Waals surface area contributed by atoms with Crippen molar-refractivity contribution >= 4 is 12.3 Å². The molecule has 1 amide bonds. The monoisotopic (exact) mass is 234 g/mol. The summed E-state index contributed by atoms with van der Waals surface area (Å²) < 4.78 is 10.2. The summed E-state index contributed by atoms with van der Waals surface area (Å²) in [5.41, 5.74) is 0. The molecule has 90 valence electrons. The molecule has 0 atom stereocenters. The van der Waals surface area contributed by atoms with Gasteiger partial charge in [0.05, 0.1) is 13.2 Å². The lowest BCUT2D eigenvalue weighted by Gasteiger charge is -2.05. The molecule has 0 aromatic heterocycles. The average Bonchev–Trinajstić information content (AvgIpc) is 2.76. The third-order valence-electron chi connectivity index (χ3n) is 2.22. The highest BCUT2D eigenvalue weighted by Gasteiger charge is 2.20. The summed E-state index contributed by atoms with van der Waals surface area (Å²) >= 11 is 0. The van der Waals surface area contributed by atoms with E-state index in [0.717, 1.165) is 5.75 Å².